The fourth-order valence-electron chi connectivity index (χ4n) is 17.5. The van der Waals surface area contributed by atoms with Gasteiger partial charge in [0, 0.05) is 11.4 Å². The van der Waals surface area contributed by atoms with Gasteiger partial charge in [0.1, 0.15) is 0 Å². The zero-order valence-electron chi connectivity index (χ0n) is 58.1. The van der Waals surface area contributed by atoms with Crippen molar-refractivity contribution in [1.82, 2.24) is 0 Å². The third-order valence-corrected chi connectivity index (χ3v) is 21.9. The van der Waals surface area contributed by atoms with Crippen LogP contribution in [0.25, 0.3) is 0 Å². The zero-order chi connectivity index (χ0) is 66.3. The second kappa shape index (κ2) is 24.9. The van der Waals surface area contributed by atoms with Gasteiger partial charge in [0.2, 0.25) is 13.4 Å². The van der Waals surface area contributed by atoms with E-state index >= 15 is 0 Å². The van der Waals surface area contributed by atoms with E-state index in [0.717, 1.165) is 11.4 Å². The molecule has 0 saturated carbocycles. The van der Waals surface area contributed by atoms with Crippen LogP contribution in [0.4, 0.5) is 34.1 Å². The van der Waals surface area contributed by atoms with Crippen LogP contribution in [0.5, 0.6) is 0 Å². The largest absolute Gasteiger partial charge is 0.310 e. The van der Waals surface area contributed by atoms with E-state index in [1.807, 2.05) is 0 Å². The van der Waals surface area contributed by atoms with Crippen LogP contribution in [0.15, 0.2) is 279 Å². The van der Waals surface area contributed by atoms with Crippen molar-refractivity contribution in [2.24, 2.45) is 0 Å². The lowest BCUT2D eigenvalue weighted by Gasteiger charge is -2.47. The summed E-state index contributed by atoms with van der Waals surface area (Å²) in [6, 6.07) is 108. The second-order valence-electron chi connectivity index (χ2n) is 29.4. The lowest BCUT2D eigenvalue weighted by molar-refractivity contribution is 0.731. The fraction of sp³-hybridized carbons (Fsp3) is 0.217. The Balaban J connectivity index is 1.07. The van der Waals surface area contributed by atoms with Gasteiger partial charge in [-0.25, -0.2) is 0 Å². The molecule has 3 aliphatic heterocycles. The van der Waals surface area contributed by atoms with Crippen LogP contribution in [0, 0.1) is 0 Å². The quantitative estimate of drug-likeness (QED) is 0.100. The highest BCUT2D eigenvalue weighted by Gasteiger charge is 2.50. The van der Waals surface area contributed by atoms with Gasteiger partial charge in [0.15, 0.2) is 0 Å². The highest BCUT2D eigenvalue weighted by molar-refractivity contribution is 7.11. The minimum absolute atomic E-state index is 0.0835. The zero-order valence-corrected chi connectivity index (χ0v) is 58.1. The van der Waals surface area contributed by atoms with Gasteiger partial charge in [-0.3, -0.25) is 0 Å². The van der Waals surface area contributed by atoms with Crippen molar-refractivity contribution < 1.29 is 0 Å². The lowest BCUT2D eigenvalue weighted by atomic mass is 9.20. The number of fused-ring (bicyclic) bond motifs is 6. The van der Waals surface area contributed by atoms with E-state index in [9.17, 15) is 0 Å². The average Bonchev–Trinajstić information content (AvgIpc) is 0.704. The minimum atomic E-state index is -0.601. The molecule has 12 aromatic carbocycles. The first-order valence-electron chi connectivity index (χ1n) is 35.5. The van der Waals surface area contributed by atoms with Gasteiger partial charge >= 0.3 is 0 Å². The molecule has 2 nitrogen and oxygen atoms in total. The Morgan fingerprint density at radius 2 is 0.479 bits per heavy atom. The minimum Gasteiger partial charge on any atom is -0.310 e. The molecule has 96 heavy (non-hydrogen) atoms. The third kappa shape index (κ3) is 9.82. The van der Waals surface area contributed by atoms with Crippen molar-refractivity contribution >= 4 is 80.3 Å². The van der Waals surface area contributed by atoms with Crippen LogP contribution < -0.4 is 42.6 Å². The normalized spacial score (nSPS) is 14.3. The number of benzene rings is 12. The molecule has 15 rings (SSSR count). The van der Waals surface area contributed by atoms with E-state index in [4.69, 9.17) is 0 Å². The number of nitrogens with zero attached hydrogens (tertiary/aromatic N) is 2. The van der Waals surface area contributed by atoms with E-state index in [2.05, 4.69) is 372 Å². The van der Waals surface area contributed by atoms with Crippen molar-refractivity contribution in [2.45, 2.75) is 129 Å². The summed E-state index contributed by atoms with van der Waals surface area (Å²) in [7, 11) is 0. The monoisotopic (exact) mass is 1240 g/mol. The van der Waals surface area contributed by atoms with E-state index < -0.39 is 10.8 Å². The highest BCUT2D eigenvalue weighted by atomic mass is 15.2. The molecule has 0 amide bonds. The Hall–Kier alpha value is -9.63. The topological polar surface area (TPSA) is 6.48 Å². The third-order valence-electron chi connectivity index (χ3n) is 21.9. The summed E-state index contributed by atoms with van der Waals surface area (Å²) in [6.07, 6.45) is 0. The van der Waals surface area contributed by atoms with Crippen LogP contribution in [0.2, 0.25) is 0 Å². The van der Waals surface area contributed by atoms with E-state index in [1.54, 1.807) is 0 Å². The molecule has 3 heterocycles. The Kier molecular flexibility index (Phi) is 16.2. The molecule has 0 aliphatic carbocycles. The summed E-state index contributed by atoms with van der Waals surface area (Å²) in [4.78, 5) is 5.23. The summed E-state index contributed by atoms with van der Waals surface area (Å²) in [5.74, 6) is 1.76. The number of anilines is 6. The maximum absolute atomic E-state index is 2.67. The maximum Gasteiger partial charge on any atom is 0.240 e. The molecule has 0 atom stereocenters. The molecule has 0 saturated heterocycles. The molecule has 3 aliphatic rings. The summed E-state index contributed by atoms with van der Waals surface area (Å²) >= 11 is 0. The molecule has 0 aromatic heterocycles. The van der Waals surface area contributed by atoms with Crippen LogP contribution in [-0.4, -0.2) is 13.4 Å². The first-order valence-corrected chi connectivity index (χ1v) is 35.5. The van der Waals surface area contributed by atoms with Crippen molar-refractivity contribution in [1.29, 1.82) is 0 Å². The first kappa shape index (κ1) is 62.5. The molecule has 0 bridgehead atoms. The second-order valence-corrected chi connectivity index (χ2v) is 29.4. The fourth-order valence-corrected chi connectivity index (χ4v) is 17.5. The van der Waals surface area contributed by atoms with Gasteiger partial charge in [-0.05, 0) is 162 Å². The molecule has 0 spiro atoms. The summed E-state index contributed by atoms with van der Waals surface area (Å²) < 4.78 is 0. The highest BCUT2D eigenvalue weighted by Crippen LogP contribution is 2.59. The Morgan fingerprint density at radius 1 is 0.240 bits per heavy atom. The van der Waals surface area contributed by atoms with Gasteiger partial charge < -0.3 is 9.80 Å². The molecule has 0 N–H and O–H groups in total. The van der Waals surface area contributed by atoms with Crippen LogP contribution in [0.3, 0.4) is 0 Å². The summed E-state index contributed by atoms with van der Waals surface area (Å²) in [5, 5.41) is 0. The molecule has 0 fully saturated rings. The summed E-state index contributed by atoms with van der Waals surface area (Å²) in [5.41, 5.74) is 32.8. The predicted octanol–water partition coefficient (Wildman–Crippen LogP) is 20.1. The molecule has 472 valence electrons. The van der Waals surface area contributed by atoms with Crippen molar-refractivity contribution in [3.63, 3.8) is 0 Å². The van der Waals surface area contributed by atoms with Crippen molar-refractivity contribution in [3.8, 4) is 0 Å². The van der Waals surface area contributed by atoms with Crippen molar-refractivity contribution in [3.05, 3.63) is 357 Å². The van der Waals surface area contributed by atoms with Gasteiger partial charge in [-0.15, -0.1) is 0 Å². The Morgan fingerprint density at radius 3 is 0.729 bits per heavy atom. The van der Waals surface area contributed by atoms with Gasteiger partial charge in [0.25, 0.3) is 0 Å². The summed E-state index contributed by atoms with van der Waals surface area (Å²) in [6.45, 7) is 28.7. The van der Waals surface area contributed by atoms with Crippen LogP contribution in [0.1, 0.15) is 196 Å². The molecule has 12 aromatic rings. The standard InChI is InChI=1S/C92H88B2N2/c1-59(2)65-53-73(61(5)6)89(74(54-65)62(7)8)93-81-51-49-71(95-85-45-29-25-41-77(85)91(67-33-17-13-18-34-67,68-35-19-14-20-36-68)78-42-26-30-46-86(78)95)57-83(81)94(90-75(63(9)10)55-66(60(3)4)56-76(90)64(11)12)84-58-72(50-52-82(84)93)96-87-47-31-27-43-79(87)92(69-37-21-15-22-38-69,70-39-23-16-24-40-70)80-44-28-32-48-88(80)96/h13-64H,1-12H3. The van der Waals surface area contributed by atoms with Crippen LogP contribution >= 0.6 is 0 Å². The van der Waals surface area contributed by atoms with E-state index in [-0.39, 0.29) is 37.1 Å². The molecule has 4 heteroatoms. The van der Waals surface area contributed by atoms with E-state index in [1.165, 1.54) is 133 Å². The lowest BCUT2D eigenvalue weighted by Crippen LogP contribution is -2.76. The average molecular weight is 1240 g/mol. The van der Waals surface area contributed by atoms with Gasteiger partial charge in [-0.2, -0.15) is 0 Å². The van der Waals surface area contributed by atoms with Crippen LogP contribution in [-0.2, 0) is 10.8 Å². The maximum atomic E-state index is 2.67. The molecular weight excluding hydrogens is 1150 g/mol. The van der Waals surface area contributed by atoms with Gasteiger partial charge in [-0.1, -0.05) is 346 Å². The Labute approximate surface area is 573 Å². The molecule has 0 unspecified atom stereocenters. The molecular formula is C92H88B2N2. The SMILES string of the molecule is CC(C)c1cc(C(C)C)c(B2c3ccc(N4c5ccccc5C(c5ccccc5)(c5ccccc5)c5ccccc54)cc3B(c3c(C(C)C)cc(C(C)C)cc3C(C)C)c3cc(N4c5ccccc5C(c5ccccc5)(c5ccccc5)c5ccccc54)ccc32)c(C(C)C)c1. The smallest absolute Gasteiger partial charge is 0.240 e. The number of hydrogen-bond donors (Lipinski definition) is 0. The van der Waals surface area contributed by atoms with E-state index in [0.29, 0.717) is 11.8 Å². The number of hydrogen-bond acceptors (Lipinski definition) is 2. The van der Waals surface area contributed by atoms with Gasteiger partial charge in [0.05, 0.1) is 33.6 Å². The van der Waals surface area contributed by atoms with Crippen molar-refractivity contribution in [2.75, 3.05) is 9.80 Å². The predicted molar refractivity (Wildman–Crippen MR) is 413 cm³/mol. The number of para-hydroxylation sites is 4. The Bertz CT molecular complexity index is 4400. The number of rotatable bonds is 14. The molecule has 0 radical (unpaired) electrons. The first-order chi connectivity index (χ1) is 46.6.